The maximum Gasteiger partial charge on any atom is 0.259 e. The lowest BCUT2D eigenvalue weighted by molar-refractivity contribution is 0.479. The van der Waals surface area contributed by atoms with E-state index in [9.17, 15) is 9.90 Å². The molecule has 0 bridgehead atoms. The predicted molar refractivity (Wildman–Crippen MR) is 120 cm³/mol. The summed E-state index contributed by atoms with van der Waals surface area (Å²) in [4.78, 5) is 18.1. The molecule has 0 unspecified atom stereocenters. The van der Waals surface area contributed by atoms with Crippen molar-refractivity contribution in [2.45, 2.75) is 6.54 Å². The summed E-state index contributed by atoms with van der Waals surface area (Å²) in [7, 11) is 0. The van der Waals surface area contributed by atoms with Gasteiger partial charge in [-0.1, -0.05) is 60.7 Å². The lowest BCUT2D eigenvalue weighted by atomic mass is 10.0. The Hall–Kier alpha value is -4.32. The van der Waals surface area contributed by atoms with Crippen molar-refractivity contribution in [2.24, 2.45) is 0 Å². The number of hydrogen-bond donors (Lipinski definition) is 1. The normalized spacial score (nSPS) is 11.0. The fourth-order valence-corrected chi connectivity index (χ4v) is 3.73. The zero-order valence-corrected chi connectivity index (χ0v) is 16.5. The Kier molecular flexibility index (Phi) is 4.72. The van der Waals surface area contributed by atoms with E-state index < -0.39 is 0 Å². The summed E-state index contributed by atoms with van der Waals surface area (Å²) >= 11 is 0. The van der Waals surface area contributed by atoms with E-state index in [-0.39, 0.29) is 11.3 Å². The molecule has 0 aliphatic heterocycles. The van der Waals surface area contributed by atoms with Gasteiger partial charge in [-0.25, -0.2) is 4.98 Å². The number of benzene rings is 2. The molecular formula is C25H18N4O2. The van der Waals surface area contributed by atoms with Crippen molar-refractivity contribution in [1.29, 1.82) is 0 Å². The van der Waals surface area contributed by atoms with Crippen molar-refractivity contribution in [3.8, 4) is 28.3 Å². The van der Waals surface area contributed by atoms with Gasteiger partial charge in [0.05, 0.1) is 18.3 Å². The maximum absolute atomic E-state index is 13.7. The first-order valence-corrected chi connectivity index (χ1v) is 9.85. The van der Waals surface area contributed by atoms with Gasteiger partial charge in [-0.15, -0.1) is 5.10 Å². The average Bonchev–Trinajstić information content (AvgIpc) is 2.83. The van der Waals surface area contributed by atoms with E-state index in [0.29, 0.717) is 34.4 Å². The van der Waals surface area contributed by atoms with Gasteiger partial charge in [0.2, 0.25) is 0 Å². The Morgan fingerprint density at radius 1 is 0.903 bits per heavy atom. The van der Waals surface area contributed by atoms with Gasteiger partial charge in [0.25, 0.3) is 5.56 Å². The molecule has 3 heterocycles. The number of pyridine rings is 2. The molecule has 0 spiro atoms. The molecule has 0 saturated carbocycles. The first kappa shape index (κ1) is 18.7. The van der Waals surface area contributed by atoms with Gasteiger partial charge in [-0.05, 0) is 29.3 Å². The Labute approximate surface area is 178 Å². The predicted octanol–water partition coefficient (Wildman–Crippen LogP) is 4.27. The lowest BCUT2D eigenvalue weighted by Crippen LogP contribution is -2.23. The van der Waals surface area contributed by atoms with Crippen LogP contribution in [-0.2, 0) is 6.54 Å². The van der Waals surface area contributed by atoms with Crippen LogP contribution in [0.1, 0.15) is 5.56 Å². The van der Waals surface area contributed by atoms with Crippen LogP contribution in [0.15, 0.2) is 96.1 Å². The number of aromatic hydroxyl groups is 1. The molecule has 6 heteroatoms. The number of aromatic nitrogens is 4. The second-order valence-electron chi connectivity index (χ2n) is 7.16. The molecule has 1 N–H and O–H groups in total. The molecular weight excluding hydrogens is 388 g/mol. The van der Waals surface area contributed by atoms with E-state index in [1.807, 2.05) is 60.7 Å². The summed E-state index contributed by atoms with van der Waals surface area (Å²) < 4.78 is 1.66. The minimum atomic E-state index is -0.167. The summed E-state index contributed by atoms with van der Waals surface area (Å²) in [5.41, 5.74) is 3.64. The zero-order chi connectivity index (χ0) is 21.2. The second kappa shape index (κ2) is 7.84. The SMILES string of the molecule is O=c1c(-c2ccccc2)cc2c(O)cnc(-c3cccnn3)c2n1Cc1ccccc1. The van der Waals surface area contributed by atoms with Gasteiger partial charge in [-0.2, -0.15) is 5.10 Å². The van der Waals surface area contributed by atoms with Crippen molar-refractivity contribution in [1.82, 2.24) is 19.7 Å². The Morgan fingerprint density at radius 2 is 1.65 bits per heavy atom. The van der Waals surface area contributed by atoms with E-state index in [1.165, 1.54) is 6.20 Å². The molecule has 0 amide bonds. The topological polar surface area (TPSA) is 80.9 Å². The molecule has 2 aromatic carbocycles. The molecule has 5 rings (SSSR count). The molecule has 0 radical (unpaired) electrons. The van der Waals surface area contributed by atoms with Crippen LogP contribution in [0.5, 0.6) is 5.75 Å². The van der Waals surface area contributed by atoms with E-state index in [4.69, 9.17) is 0 Å². The fourth-order valence-electron chi connectivity index (χ4n) is 3.73. The van der Waals surface area contributed by atoms with Crippen LogP contribution in [0.25, 0.3) is 33.4 Å². The largest absolute Gasteiger partial charge is 0.506 e. The van der Waals surface area contributed by atoms with Gasteiger partial charge < -0.3 is 9.67 Å². The van der Waals surface area contributed by atoms with Crippen molar-refractivity contribution >= 4 is 10.9 Å². The summed E-state index contributed by atoms with van der Waals surface area (Å²) in [6.45, 7) is 0.329. The Bertz CT molecular complexity index is 1420. The highest BCUT2D eigenvalue weighted by Gasteiger charge is 2.19. The molecule has 6 nitrogen and oxygen atoms in total. The quantitative estimate of drug-likeness (QED) is 0.482. The number of rotatable bonds is 4. The first-order valence-electron chi connectivity index (χ1n) is 9.85. The number of nitrogens with zero attached hydrogens (tertiary/aromatic N) is 4. The van der Waals surface area contributed by atoms with E-state index in [1.54, 1.807) is 29.0 Å². The van der Waals surface area contributed by atoms with Crippen LogP contribution in [-0.4, -0.2) is 24.9 Å². The van der Waals surface area contributed by atoms with Crippen LogP contribution in [0.2, 0.25) is 0 Å². The van der Waals surface area contributed by atoms with E-state index >= 15 is 0 Å². The summed E-state index contributed by atoms with van der Waals surface area (Å²) in [6, 6.07) is 24.5. The third-order valence-electron chi connectivity index (χ3n) is 5.19. The number of fused-ring (bicyclic) bond motifs is 1. The number of hydrogen-bond acceptors (Lipinski definition) is 5. The van der Waals surface area contributed by atoms with Gasteiger partial charge in [0, 0.05) is 17.1 Å². The lowest BCUT2D eigenvalue weighted by Gasteiger charge is -2.16. The average molecular weight is 406 g/mol. The highest BCUT2D eigenvalue weighted by atomic mass is 16.3. The standard InChI is InChI=1S/C25H18N4O2/c30-22-15-26-23(21-12-7-13-27-28-21)24-20(22)14-19(18-10-5-2-6-11-18)25(31)29(24)16-17-8-3-1-4-9-17/h1-15,30H,16H2. The van der Waals surface area contributed by atoms with Crippen LogP contribution in [0.4, 0.5) is 0 Å². The molecule has 0 atom stereocenters. The fraction of sp³-hybridized carbons (Fsp3) is 0.0400. The molecule has 5 aromatic rings. The van der Waals surface area contributed by atoms with E-state index in [0.717, 1.165) is 11.1 Å². The zero-order valence-electron chi connectivity index (χ0n) is 16.5. The highest BCUT2D eigenvalue weighted by Crippen LogP contribution is 2.33. The van der Waals surface area contributed by atoms with Crippen molar-refractivity contribution in [3.05, 3.63) is 107 Å². The minimum Gasteiger partial charge on any atom is -0.506 e. The maximum atomic E-state index is 13.7. The van der Waals surface area contributed by atoms with Crippen molar-refractivity contribution in [3.63, 3.8) is 0 Å². The monoisotopic (exact) mass is 406 g/mol. The van der Waals surface area contributed by atoms with Gasteiger partial charge in [0.15, 0.2) is 0 Å². The summed E-state index contributed by atoms with van der Waals surface area (Å²) in [6.07, 6.45) is 2.97. The Balaban J connectivity index is 1.88. The Morgan fingerprint density at radius 3 is 2.35 bits per heavy atom. The molecule has 3 aromatic heterocycles. The highest BCUT2D eigenvalue weighted by molar-refractivity contribution is 5.96. The second-order valence-corrected chi connectivity index (χ2v) is 7.16. The third kappa shape index (κ3) is 3.44. The molecule has 150 valence electrons. The molecule has 0 aliphatic carbocycles. The van der Waals surface area contributed by atoms with Crippen LogP contribution in [0, 0.1) is 0 Å². The van der Waals surface area contributed by atoms with Crippen molar-refractivity contribution < 1.29 is 5.11 Å². The molecule has 0 aliphatic rings. The van der Waals surface area contributed by atoms with Gasteiger partial charge >= 0.3 is 0 Å². The molecule has 0 saturated heterocycles. The van der Waals surface area contributed by atoms with Crippen LogP contribution in [0.3, 0.4) is 0 Å². The summed E-state index contributed by atoms with van der Waals surface area (Å²) in [5, 5.41) is 19.3. The van der Waals surface area contributed by atoms with Gasteiger partial charge in [0.1, 0.15) is 17.1 Å². The van der Waals surface area contributed by atoms with Gasteiger partial charge in [-0.3, -0.25) is 4.79 Å². The molecule has 31 heavy (non-hydrogen) atoms. The first-order chi connectivity index (χ1) is 15.2. The van der Waals surface area contributed by atoms with Crippen LogP contribution < -0.4 is 5.56 Å². The summed E-state index contributed by atoms with van der Waals surface area (Å²) in [5.74, 6) is 0.00151. The van der Waals surface area contributed by atoms with Crippen LogP contribution >= 0.6 is 0 Å². The third-order valence-corrected chi connectivity index (χ3v) is 5.19. The van der Waals surface area contributed by atoms with Crippen molar-refractivity contribution in [2.75, 3.05) is 0 Å². The minimum absolute atomic E-state index is 0.00151. The molecule has 0 fully saturated rings. The smallest absolute Gasteiger partial charge is 0.259 e. The van der Waals surface area contributed by atoms with E-state index in [2.05, 4.69) is 15.2 Å².